The minimum atomic E-state index is -0.191. The van der Waals surface area contributed by atoms with Crippen molar-refractivity contribution in [1.82, 2.24) is 10.6 Å². The van der Waals surface area contributed by atoms with Crippen LogP contribution in [0.15, 0.2) is 23.2 Å². The molecule has 2 bridgehead atoms. The number of benzene rings is 1. The second-order valence-electron chi connectivity index (χ2n) is 7.44. The Morgan fingerprint density at radius 2 is 2.11 bits per heavy atom. The van der Waals surface area contributed by atoms with Crippen molar-refractivity contribution in [3.63, 3.8) is 0 Å². The van der Waals surface area contributed by atoms with E-state index in [0.29, 0.717) is 43.7 Å². The molecule has 3 aliphatic rings. The Kier molecular flexibility index (Phi) is 7.76. The molecule has 3 unspecified atom stereocenters. The summed E-state index contributed by atoms with van der Waals surface area (Å²) in [6, 6.07) is 5.73. The van der Waals surface area contributed by atoms with Gasteiger partial charge in [0.1, 0.15) is 5.82 Å². The molecule has 28 heavy (non-hydrogen) atoms. The number of hydrogen-bond donors (Lipinski definition) is 2. The minimum absolute atomic E-state index is 0. The molecule has 6 nitrogen and oxygen atoms in total. The van der Waals surface area contributed by atoms with Gasteiger partial charge in [0.2, 0.25) is 0 Å². The number of anilines is 1. The number of morpholine rings is 1. The van der Waals surface area contributed by atoms with Crippen LogP contribution in [-0.4, -0.2) is 57.1 Å². The zero-order valence-electron chi connectivity index (χ0n) is 16.3. The van der Waals surface area contributed by atoms with Crippen LogP contribution in [0.3, 0.4) is 0 Å². The molecule has 0 radical (unpaired) electrons. The molecule has 8 heteroatoms. The van der Waals surface area contributed by atoms with Crippen LogP contribution in [0.1, 0.15) is 31.7 Å². The molecular weight excluding hydrogens is 474 g/mol. The molecule has 3 aliphatic heterocycles. The summed E-state index contributed by atoms with van der Waals surface area (Å²) in [5.74, 6) is 0.584. The van der Waals surface area contributed by atoms with E-state index in [4.69, 9.17) is 9.47 Å². The number of nitrogens with zero attached hydrogens (tertiary/aromatic N) is 2. The maximum absolute atomic E-state index is 14.6. The van der Waals surface area contributed by atoms with Gasteiger partial charge >= 0.3 is 0 Å². The Morgan fingerprint density at radius 3 is 2.75 bits per heavy atom. The lowest BCUT2D eigenvalue weighted by atomic mass is 9.96. The van der Waals surface area contributed by atoms with Crippen molar-refractivity contribution in [1.29, 1.82) is 0 Å². The third kappa shape index (κ3) is 5.07. The quantitative estimate of drug-likeness (QED) is 0.367. The Labute approximate surface area is 183 Å². The molecule has 3 saturated heterocycles. The number of halogens is 2. The molecule has 0 aromatic heterocycles. The molecule has 0 spiro atoms. The molecule has 4 rings (SSSR count). The first-order valence-electron chi connectivity index (χ1n) is 10.0. The number of aliphatic imine (C=N–C) groups is 1. The maximum atomic E-state index is 14.6. The van der Waals surface area contributed by atoms with Gasteiger partial charge in [0.05, 0.1) is 43.7 Å². The van der Waals surface area contributed by atoms with Crippen LogP contribution in [0.5, 0.6) is 0 Å². The Morgan fingerprint density at radius 1 is 1.29 bits per heavy atom. The minimum Gasteiger partial charge on any atom is -0.378 e. The van der Waals surface area contributed by atoms with Crippen LogP contribution in [0.2, 0.25) is 0 Å². The van der Waals surface area contributed by atoms with Crippen molar-refractivity contribution in [2.24, 2.45) is 4.99 Å². The van der Waals surface area contributed by atoms with E-state index in [9.17, 15) is 4.39 Å². The largest absolute Gasteiger partial charge is 0.378 e. The molecular formula is C20H30FIN4O2. The van der Waals surface area contributed by atoms with Crippen LogP contribution in [0.4, 0.5) is 10.1 Å². The van der Waals surface area contributed by atoms with E-state index < -0.39 is 0 Å². The average Bonchev–Trinajstić information content (AvgIpc) is 3.30. The summed E-state index contributed by atoms with van der Waals surface area (Å²) in [5.41, 5.74) is 1.51. The second kappa shape index (κ2) is 10.1. The lowest BCUT2D eigenvalue weighted by molar-refractivity contribution is 0.0992. The number of hydrogen-bond acceptors (Lipinski definition) is 4. The molecule has 0 saturated carbocycles. The molecule has 3 fully saturated rings. The summed E-state index contributed by atoms with van der Waals surface area (Å²) in [6.45, 7) is 6.04. The fourth-order valence-electron chi connectivity index (χ4n) is 4.17. The van der Waals surface area contributed by atoms with E-state index in [1.165, 1.54) is 6.42 Å². The van der Waals surface area contributed by atoms with Gasteiger partial charge in [0.25, 0.3) is 0 Å². The molecule has 1 aromatic rings. The van der Waals surface area contributed by atoms with Crippen LogP contribution >= 0.6 is 24.0 Å². The summed E-state index contributed by atoms with van der Waals surface area (Å²) in [7, 11) is 0. The van der Waals surface area contributed by atoms with E-state index in [-0.39, 0.29) is 29.8 Å². The zero-order chi connectivity index (χ0) is 18.6. The van der Waals surface area contributed by atoms with Gasteiger partial charge in [-0.25, -0.2) is 9.38 Å². The van der Waals surface area contributed by atoms with E-state index in [2.05, 4.69) is 15.6 Å². The normalized spacial score (nSPS) is 26.9. The van der Waals surface area contributed by atoms with E-state index >= 15 is 0 Å². The van der Waals surface area contributed by atoms with Gasteiger partial charge in [0.15, 0.2) is 5.96 Å². The zero-order valence-corrected chi connectivity index (χ0v) is 18.7. The fraction of sp³-hybridized carbons (Fsp3) is 0.650. The number of guanidine groups is 1. The summed E-state index contributed by atoms with van der Waals surface area (Å²) in [4.78, 5) is 6.69. The highest BCUT2D eigenvalue weighted by atomic mass is 127. The highest BCUT2D eigenvalue weighted by Crippen LogP contribution is 2.34. The molecule has 2 N–H and O–H groups in total. The molecule has 3 atom stereocenters. The van der Waals surface area contributed by atoms with Crippen molar-refractivity contribution >= 4 is 35.6 Å². The molecule has 0 aliphatic carbocycles. The Bertz CT molecular complexity index is 684. The van der Waals surface area contributed by atoms with Crippen molar-refractivity contribution in [2.75, 3.05) is 37.7 Å². The highest BCUT2D eigenvalue weighted by molar-refractivity contribution is 14.0. The van der Waals surface area contributed by atoms with Crippen molar-refractivity contribution in [3.05, 3.63) is 29.6 Å². The number of fused-ring (bicyclic) bond motifs is 2. The number of rotatable bonds is 5. The first-order valence-corrected chi connectivity index (χ1v) is 10.0. The smallest absolute Gasteiger partial charge is 0.191 e. The lowest BCUT2D eigenvalue weighted by Crippen LogP contribution is -2.47. The van der Waals surface area contributed by atoms with E-state index in [0.717, 1.165) is 44.0 Å². The summed E-state index contributed by atoms with van der Waals surface area (Å²) in [5, 5.41) is 6.78. The summed E-state index contributed by atoms with van der Waals surface area (Å²) >= 11 is 0. The molecule has 1 aromatic carbocycles. The summed E-state index contributed by atoms with van der Waals surface area (Å²) < 4.78 is 25.8. The van der Waals surface area contributed by atoms with Gasteiger partial charge in [-0.05, 0) is 43.9 Å². The van der Waals surface area contributed by atoms with Crippen LogP contribution in [0.25, 0.3) is 0 Å². The van der Waals surface area contributed by atoms with Gasteiger partial charge in [-0.2, -0.15) is 0 Å². The summed E-state index contributed by atoms with van der Waals surface area (Å²) in [6.07, 6.45) is 4.03. The third-order valence-electron chi connectivity index (χ3n) is 5.56. The molecule has 3 heterocycles. The third-order valence-corrected chi connectivity index (χ3v) is 5.56. The maximum Gasteiger partial charge on any atom is 0.191 e. The van der Waals surface area contributed by atoms with Crippen molar-refractivity contribution < 1.29 is 13.9 Å². The van der Waals surface area contributed by atoms with E-state index in [1.807, 2.05) is 24.0 Å². The van der Waals surface area contributed by atoms with Gasteiger partial charge in [-0.1, -0.05) is 6.07 Å². The highest BCUT2D eigenvalue weighted by Gasteiger charge is 2.41. The standard InChI is InChI=1S/C20H29FN4O2.HI/c1-2-22-20(24-17-12-15-4-6-19(17)27-15)23-13-14-3-5-18(16(21)11-14)25-7-9-26-10-8-25;/h3,5,11,15,17,19H,2,4,6-10,12-13H2,1H3,(H2,22,23,24);1H. The van der Waals surface area contributed by atoms with Crippen LogP contribution in [0, 0.1) is 5.82 Å². The van der Waals surface area contributed by atoms with Crippen LogP contribution < -0.4 is 15.5 Å². The Balaban J connectivity index is 0.00000225. The monoisotopic (exact) mass is 504 g/mol. The number of nitrogens with one attached hydrogen (secondary N) is 2. The topological polar surface area (TPSA) is 58.1 Å². The van der Waals surface area contributed by atoms with E-state index in [1.54, 1.807) is 6.07 Å². The van der Waals surface area contributed by atoms with Crippen molar-refractivity contribution in [3.8, 4) is 0 Å². The van der Waals surface area contributed by atoms with Gasteiger partial charge < -0.3 is 25.0 Å². The van der Waals surface area contributed by atoms with Crippen molar-refractivity contribution in [2.45, 2.75) is 51.0 Å². The lowest BCUT2D eigenvalue weighted by Gasteiger charge is -2.29. The second-order valence-corrected chi connectivity index (χ2v) is 7.44. The molecule has 0 amide bonds. The van der Waals surface area contributed by atoms with Gasteiger partial charge in [0, 0.05) is 19.6 Å². The van der Waals surface area contributed by atoms with Gasteiger partial charge in [-0.3, -0.25) is 0 Å². The average molecular weight is 504 g/mol. The first-order chi connectivity index (χ1) is 13.2. The molecule has 156 valence electrons. The van der Waals surface area contributed by atoms with Gasteiger partial charge in [-0.15, -0.1) is 24.0 Å². The number of ether oxygens (including phenoxy) is 2. The SMILES string of the molecule is CCNC(=NCc1ccc(N2CCOCC2)c(F)c1)NC1CC2CCC1O2.I. The fourth-order valence-corrected chi connectivity index (χ4v) is 4.17. The predicted molar refractivity (Wildman–Crippen MR) is 119 cm³/mol. The first kappa shape index (κ1) is 21.6. The Hall–Kier alpha value is -1.13. The van der Waals surface area contributed by atoms with Crippen LogP contribution in [-0.2, 0) is 16.0 Å². The predicted octanol–water partition coefficient (Wildman–Crippen LogP) is 2.66.